The van der Waals surface area contributed by atoms with Gasteiger partial charge in [-0.25, -0.2) is 13.1 Å². The number of halogens is 1. The molecule has 0 saturated carbocycles. The summed E-state index contributed by atoms with van der Waals surface area (Å²) in [4.78, 5) is 0.230. The number of benzene rings is 1. The van der Waals surface area contributed by atoms with Crippen LogP contribution in [0, 0.1) is 0 Å². The maximum atomic E-state index is 12.6. The van der Waals surface area contributed by atoms with E-state index in [1.165, 1.54) is 0 Å². The predicted octanol–water partition coefficient (Wildman–Crippen LogP) is 1.76. The Morgan fingerprint density at radius 1 is 1.40 bits per heavy atom. The van der Waals surface area contributed by atoms with E-state index < -0.39 is 15.6 Å². The average molecular weight is 363 g/mol. The molecule has 1 aromatic carbocycles. The molecule has 5 nitrogen and oxygen atoms in total. The van der Waals surface area contributed by atoms with Crippen molar-refractivity contribution in [2.75, 3.05) is 13.2 Å². The molecule has 112 valence electrons. The molecule has 1 aliphatic rings. The van der Waals surface area contributed by atoms with E-state index in [1.807, 2.05) is 6.92 Å². The minimum Gasteiger partial charge on any atom is -0.381 e. The van der Waals surface area contributed by atoms with Crippen molar-refractivity contribution in [1.29, 1.82) is 0 Å². The third-order valence-corrected chi connectivity index (χ3v) is 6.13. The molecule has 0 spiro atoms. The first-order valence-corrected chi connectivity index (χ1v) is 8.74. The fourth-order valence-electron chi connectivity index (χ4n) is 2.18. The minimum absolute atomic E-state index is 0.230. The molecule has 1 heterocycles. The minimum atomic E-state index is -3.59. The summed E-state index contributed by atoms with van der Waals surface area (Å²) in [5.41, 5.74) is 5.90. The molecule has 0 radical (unpaired) electrons. The topological polar surface area (TPSA) is 81.4 Å². The monoisotopic (exact) mass is 362 g/mol. The first-order valence-electron chi connectivity index (χ1n) is 6.46. The first kappa shape index (κ1) is 15.9. The molecule has 0 bridgehead atoms. The van der Waals surface area contributed by atoms with Gasteiger partial charge in [0, 0.05) is 29.8 Å². The van der Waals surface area contributed by atoms with E-state index in [1.54, 1.807) is 18.2 Å². The molecule has 0 aliphatic carbocycles. The zero-order valence-corrected chi connectivity index (χ0v) is 13.8. The van der Waals surface area contributed by atoms with Gasteiger partial charge in [0.15, 0.2) is 0 Å². The lowest BCUT2D eigenvalue weighted by atomic mass is 9.94. The summed E-state index contributed by atoms with van der Waals surface area (Å²) in [7, 11) is -3.59. The van der Waals surface area contributed by atoms with Crippen molar-refractivity contribution in [3.63, 3.8) is 0 Å². The molecule has 1 saturated heterocycles. The van der Waals surface area contributed by atoms with E-state index in [0.717, 1.165) is 5.56 Å². The van der Waals surface area contributed by atoms with Crippen LogP contribution in [0.3, 0.4) is 0 Å². The van der Waals surface area contributed by atoms with Gasteiger partial charge < -0.3 is 10.5 Å². The number of nitrogens with two attached hydrogens (primary N) is 1. The highest BCUT2D eigenvalue weighted by Crippen LogP contribution is 2.27. The van der Waals surface area contributed by atoms with Crippen molar-refractivity contribution in [2.24, 2.45) is 5.73 Å². The third kappa shape index (κ3) is 3.59. The Morgan fingerprint density at radius 2 is 2.05 bits per heavy atom. The van der Waals surface area contributed by atoms with E-state index in [9.17, 15) is 8.42 Å². The summed E-state index contributed by atoms with van der Waals surface area (Å²) in [6, 6.07) is 5.12. The van der Waals surface area contributed by atoms with Crippen molar-refractivity contribution in [3.8, 4) is 0 Å². The van der Waals surface area contributed by atoms with Crippen LogP contribution in [-0.2, 0) is 21.3 Å². The standard InChI is InChI=1S/C13H19BrN2O3S/c1-13(4-6-19-7-5-13)16-20(17,18)12-8-10(9-15)2-3-11(12)14/h2-3,8,16H,4-7,9,15H2,1H3. The van der Waals surface area contributed by atoms with E-state index in [-0.39, 0.29) is 4.90 Å². The normalized spacial score (nSPS) is 18.9. The molecule has 1 fully saturated rings. The van der Waals surface area contributed by atoms with Crippen molar-refractivity contribution >= 4 is 26.0 Å². The molecule has 2 rings (SSSR count). The van der Waals surface area contributed by atoms with Crippen LogP contribution in [0.4, 0.5) is 0 Å². The summed E-state index contributed by atoms with van der Waals surface area (Å²) in [6.45, 7) is 3.36. The van der Waals surface area contributed by atoms with Crippen molar-refractivity contribution in [2.45, 2.75) is 36.7 Å². The molecule has 3 N–H and O–H groups in total. The van der Waals surface area contributed by atoms with Gasteiger partial charge in [-0.2, -0.15) is 0 Å². The van der Waals surface area contributed by atoms with Crippen LogP contribution >= 0.6 is 15.9 Å². The van der Waals surface area contributed by atoms with Crippen molar-refractivity contribution in [3.05, 3.63) is 28.2 Å². The van der Waals surface area contributed by atoms with Crippen molar-refractivity contribution in [1.82, 2.24) is 4.72 Å². The summed E-state index contributed by atoms with van der Waals surface area (Å²) < 4.78 is 33.8. The molecule has 20 heavy (non-hydrogen) atoms. The SMILES string of the molecule is CC1(NS(=O)(=O)c2cc(CN)ccc2Br)CCOCC1. The lowest BCUT2D eigenvalue weighted by Gasteiger charge is -2.34. The molecular weight excluding hydrogens is 344 g/mol. The quantitative estimate of drug-likeness (QED) is 0.854. The second-order valence-corrected chi connectivity index (χ2v) is 7.75. The fourth-order valence-corrected chi connectivity index (χ4v) is 4.66. The van der Waals surface area contributed by atoms with Crippen LogP contribution in [0.15, 0.2) is 27.6 Å². The second kappa shape index (κ2) is 6.11. The lowest BCUT2D eigenvalue weighted by Crippen LogP contribution is -2.49. The predicted molar refractivity (Wildman–Crippen MR) is 80.8 cm³/mol. The van der Waals surface area contributed by atoms with E-state index in [4.69, 9.17) is 10.5 Å². The molecule has 0 unspecified atom stereocenters. The average Bonchev–Trinajstić information content (AvgIpc) is 2.38. The molecule has 1 aromatic rings. The Balaban J connectivity index is 2.30. The fraction of sp³-hybridized carbons (Fsp3) is 0.538. The first-order chi connectivity index (χ1) is 9.36. The number of nitrogens with one attached hydrogen (secondary N) is 1. The Bertz CT molecular complexity index is 583. The van der Waals surface area contributed by atoms with Crippen molar-refractivity contribution < 1.29 is 13.2 Å². The van der Waals surface area contributed by atoms with E-state index in [2.05, 4.69) is 20.7 Å². The summed E-state index contributed by atoms with van der Waals surface area (Å²) in [5, 5.41) is 0. The van der Waals surface area contributed by atoms with E-state index in [0.29, 0.717) is 37.1 Å². The molecule has 0 atom stereocenters. The Labute approximate surface area is 128 Å². The second-order valence-electron chi connectivity index (χ2n) is 5.25. The summed E-state index contributed by atoms with van der Waals surface area (Å²) in [6.07, 6.45) is 1.33. The van der Waals surface area contributed by atoms with Crippen LogP contribution in [0.1, 0.15) is 25.3 Å². The van der Waals surface area contributed by atoms with Gasteiger partial charge in [-0.15, -0.1) is 0 Å². The number of sulfonamides is 1. The summed E-state index contributed by atoms with van der Waals surface area (Å²) in [5.74, 6) is 0. The largest absolute Gasteiger partial charge is 0.381 e. The highest BCUT2D eigenvalue weighted by Gasteiger charge is 2.33. The van der Waals surface area contributed by atoms with Gasteiger partial charge in [-0.1, -0.05) is 6.07 Å². The number of hydrogen-bond acceptors (Lipinski definition) is 4. The van der Waals surface area contributed by atoms with Gasteiger partial charge in [0.1, 0.15) is 0 Å². The van der Waals surface area contributed by atoms with Gasteiger partial charge in [-0.05, 0) is 53.4 Å². The lowest BCUT2D eigenvalue weighted by molar-refractivity contribution is 0.0537. The maximum Gasteiger partial charge on any atom is 0.242 e. The van der Waals surface area contributed by atoms with Gasteiger partial charge >= 0.3 is 0 Å². The molecule has 0 aromatic heterocycles. The zero-order chi connectivity index (χ0) is 14.8. The van der Waals surface area contributed by atoms with Gasteiger partial charge in [0.2, 0.25) is 10.0 Å². The highest BCUT2D eigenvalue weighted by molar-refractivity contribution is 9.10. The number of rotatable bonds is 4. The van der Waals surface area contributed by atoms with Crippen LogP contribution in [0.5, 0.6) is 0 Å². The molecule has 1 aliphatic heterocycles. The Kier molecular flexibility index (Phi) is 4.86. The van der Waals surface area contributed by atoms with Crippen LogP contribution < -0.4 is 10.5 Å². The van der Waals surface area contributed by atoms with E-state index >= 15 is 0 Å². The summed E-state index contributed by atoms with van der Waals surface area (Å²) >= 11 is 3.29. The molecule has 7 heteroatoms. The zero-order valence-electron chi connectivity index (χ0n) is 11.4. The van der Waals surface area contributed by atoms with Gasteiger partial charge in [0.25, 0.3) is 0 Å². The van der Waals surface area contributed by atoms with Crippen LogP contribution in [0.25, 0.3) is 0 Å². The number of ether oxygens (including phenoxy) is 1. The smallest absolute Gasteiger partial charge is 0.242 e. The Hall–Kier alpha value is -0.470. The molecular formula is C13H19BrN2O3S. The van der Waals surface area contributed by atoms with Crippen LogP contribution in [-0.4, -0.2) is 27.2 Å². The number of hydrogen-bond donors (Lipinski definition) is 2. The maximum absolute atomic E-state index is 12.6. The van der Waals surface area contributed by atoms with Gasteiger partial charge in [-0.3, -0.25) is 0 Å². The Morgan fingerprint density at radius 3 is 2.65 bits per heavy atom. The highest BCUT2D eigenvalue weighted by atomic mass is 79.9. The van der Waals surface area contributed by atoms with Gasteiger partial charge in [0.05, 0.1) is 4.90 Å². The third-order valence-electron chi connectivity index (χ3n) is 3.50. The molecule has 0 amide bonds. The van der Waals surface area contributed by atoms with Crippen LogP contribution in [0.2, 0.25) is 0 Å².